The average molecular weight is 868 g/mol. The van der Waals surface area contributed by atoms with Crippen LogP contribution in [0.4, 0.5) is 5.69 Å². The van der Waals surface area contributed by atoms with Gasteiger partial charge in [0.05, 0.1) is 76.3 Å². The lowest BCUT2D eigenvalue weighted by atomic mass is 10.0. The van der Waals surface area contributed by atoms with Gasteiger partial charge < -0.3 is 39.2 Å². The van der Waals surface area contributed by atoms with E-state index in [9.17, 15) is 19.2 Å². The Hall–Kier alpha value is -3.58. The number of anilines is 1. The summed E-state index contributed by atoms with van der Waals surface area (Å²) in [6, 6.07) is 15.8. The van der Waals surface area contributed by atoms with E-state index in [1.807, 2.05) is 77.0 Å². The molecule has 60 heavy (non-hydrogen) atoms. The van der Waals surface area contributed by atoms with Crippen molar-refractivity contribution in [2.75, 3.05) is 83.7 Å². The van der Waals surface area contributed by atoms with Crippen LogP contribution < -0.4 is 15.5 Å². The fraction of sp³-hybridized carbons (Fsp3) is 0.609. The molecule has 0 saturated carbocycles. The van der Waals surface area contributed by atoms with Gasteiger partial charge in [0.25, 0.3) is 0 Å². The first-order valence-corrected chi connectivity index (χ1v) is 23.3. The maximum Gasteiger partial charge on any atom is 0.305 e. The fourth-order valence-corrected chi connectivity index (χ4v) is 10.4. The van der Waals surface area contributed by atoms with Crippen molar-refractivity contribution in [3.63, 3.8) is 0 Å². The molecule has 2 aromatic carbocycles. The van der Waals surface area contributed by atoms with Crippen molar-refractivity contribution in [2.45, 2.75) is 99.8 Å². The van der Waals surface area contributed by atoms with Gasteiger partial charge in [-0.1, -0.05) is 55.0 Å². The molecule has 0 bridgehead atoms. The van der Waals surface area contributed by atoms with E-state index in [0.717, 1.165) is 73.1 Å². The third kappa shape index (κ3) is 19.4. The van der Waals surface area contributed by atoms with E-state index >= 15 is 0 Å². The molecule has 2 unspecified atom stereocenters. The first kappa shape index (κ1) is 49.1. The van der Waals surface area contributed by atoms with Crippen LogP contribution in [-0.2, 0) is 49.4 Å². The lowest BCUT2D eigenvalue weighted by Crippen LogP contribution is -2.31. The molecule has 1 saturated heterocycles. The number of methoxy groups -OCH3 is 1. The highest BCUT2D eigenvalue weighted by Crippen LogP contribution is 2.49. The standard InChI is InChI=1S/C46H65N3O9S2/c1-46(24-21-45(53)54-2)59-35-23-40(60-46)15-8-10-17-42(50)48-26-28-56-30-32-58-34-33-57-31-29-55-27-22-43(51)47-25-11-3-4-18-44(52)49-36-39-14-6-5-12-37(39)19-20-38-13-7-9-16-41(38)49/h5-7,9,12-14,16,40H,3-4,8,10-11,15,17-18,21-36H2,1-2H3,(H,47,51)(H,48,50). The Bertz CT molecular complexity index is 1690. The van der Waals surface area contributed by atoms with E-state index in [2.05, 4.69) is 29.4 Å². The summed E-state index contributed by atoms with van der Waals surface area (Å²) in [5.41, 5.74) is 3.69. The first-order valence-electron chi connectivity index (χ1n) is 21.5. The Labute approximate surface area is 365 Å². The summed E-state index contributed by atoms with van der Waals surface area (Å²) in [6.45, 7) is 7.10. The summed E-state index contributed by atoms with van der Waals surface area (Å²) in [5.74, 6) is 7.52. The zero-order chi connectivity index (χ0) is 42.7. The number of hydrogen-bond acceptors (Lipinski definition) is 11. The predicted molar refractivity (Wildman–Crippen MR) is 239 cm³/mol. The average Bonchev–Trinajstić information content (AvgIpc) is 3.25. The van der Waals surface area contributed by atoms with Crippen molar-refractivity contribution in [2.24, 2.45) is 0 Å². The van der Waals surface area contributed by atoms with Gasteiger partial charge in [-0.15, -0.1) is 23.5 Å². The van der Waals surface area contributed by atoms with Crippen molar-refractivity contribution in [1.29, 1.82) is 0 Å². The normalized spacial score (nSPS) is 17.0. The van der Waals surface area contributed by atoms with Crippen molar-refractivity contribution in [3.05, 3.63) is 65.2 Å². The highest BCUT2D eigenvalue weighted by Gasteiger charge is 2.33. The molecule has 2 atom stereocenters. The predicted octanol–water partition coefficient (Wildman–Crippen LogP) is 6.65. The van der Waals surface area contributed by atoms with Crippen LogP contribution in [0.5, 0.6) is 0 Å². The monoisotopic (exact) mass is 867 g/mol. The van der Waals surface area contributed by atoms with Gasteiger partial charge in [-0.2, -0.15) is 0 Å². The molecule has 0 aliphatic carbocycles. The Morgan fingerprint density at radius 2 is 1.35 bits per heavy atom. The Kier molecular flexibility index (Phi) is 23.6. The van der Waals surface area contributed by atoms with E-state index in [0.29, 0.717) is 97.0 Å². The number of rotatable bonds is 29. The Balaban J connectivity index is 0.878. The van der Waals surface area contributed by atoms with E-state index in [-0.39, 0.29) is 34.2 Å². The molecule has 3 amide bonds. The van der Waals surface area contributed by atoms with E-state index in [1.165, 1.54) is 13.5 Å². The third-order valence-corrected chi connectivity index (χ3v) is 13.6. The Morgan fingerprint density at radius 3 is 2.12 bits per heavy atom. The maximum absolute atomic E-state index is 13.3. The smallest absolute Gasteiger partial charge is 0.305 e. The second-order valence-electron chi connectivity index (χ2n) is 14.9. The fourth-order valence-electron chi connectivity index (χ4n) is 6.79. The highest BCUT2D eigenvalue weighted by molar-refractivity contribution is 8.19. The molecule has 2 heterocycles. The molecule has 2 aliphatic heterocycles. The lowest BCUT2D eigenvalue weighted by molar-refractivity contribution is -0.140. The molecule has 14 heteroatoms. The summed E-state index contributed by atoms with van der Waals surface area (Å²) in [4.78, 5) is 51.2. The van der Waals surface area contributed by atoms with Crippen LogP contribution in [0.3, 0.4) is 0 Å². The molecule has 0 spiro atoms. The summed E-state index contributed by atoms with van der Waals surface area (Å²) in [7, 11) is 1.44. The topological polar surface area (TPSA) is 142 Å². The number of fused-ring (bicyclic) bond motifs is 2. The van der Waals surface area contributed by atoms with Crippen LogP contribution in [0.2, 0.25) is 0 Å². The minimum atomic E-state index is -0.149. The van der Waals surface area contributed by atoms with Gasteiger partial charge in [-0.3, -0.25) is 19.2 Å². The molecule has 4 rings (SSSR count). The molecule has 0 radical (unpaired) electrons. The number of carbonyl (C=O) groups excluding carboxylic acids is 4. The van der Waals surface area contributed by atoms with Gasteiger partial charge in [0.1, 0.15) is 0 Å². The van der Waals surface area contributed by atoms with E-state index < -0.39 is 0 Å². The highest BCUT2D eigenvalue weighted by atomic mass is 32.2. The number of ether oxygens (including phenoxy) is 5. The van der Waals surface area contributed by atoms with Crippen LogP contribution in [-0.4, -0.2) is 112 Å². The lowest BCUT2D eigenvalue weighted by Gasteiger charge is -2.37. The number of carbonyl (C=O) groups is 4. The summed E-state index contributed by atoms with van der Waals surface area (Å²) < 4.78 is 27.0. The third-order valence-electron chi connectivity index (χ3n) is 10.2. The van der Waals surface area contributed by atoms with Crippen molar-refractivity contribution >= 4 is 52.9 Å². The van der Waals surface area contributed by atoms with Gasteiger partial charge >= 0.3 is 5.97 Å². The zero-order valence-electron chi connectivity index (χ0n) is 35.6. The zero-order valence-corrected chi connectivity index (χ0v) is 37.2. The summed E-state index contributed by atoms with van der Waals surface area (Å²) in [6.07, 6.45) is 9.04. The summed E-state index contributed by atoms with van der Waals surface area (Å²) >= 11 is 3.92. The van der Waals surface area contributed by atoms with Gasteiger partial charge in [-0.25, -0.2) is 0 Å². The molecule has 12 nitrogen and oxygen atoms in total. The van der Waals surface area contributed by atoms with Gasteiger partial charge in [0.2, 0.25) is 17.7 Å². The number of thioether (sulfide) groups is 2. The maximum atomic E-state index is 13.3. The Morgan fingerprint density at radius 1 is 0.717 bits per heavy atom. The summed E-state index contributed by atoms with van der Waals surface area (Å²) in [5, 5.41) is 6.43. The number of amides is 3. The van der Waals surface area contributed by atoms with Crippen molar-refractivity contribution in [3.8, 4) is 11.8 Å². The van der Waals surface area contributed by atoms with Gasteiger partial charge in [0, 0.05) is 55.1 Å². The first-order chi connectivity index (χ1) is 29.3. The van der Waals surface area contributed by atoms with E-state index in [1.54, 1.807) is 0 Å². The van der Waals surface area contributed by atoms with Crippen LogP contribution in [0.1, 0.15) is 101 Å². The number of para-hydroxylation sites is 1. The number of nitrogens with zero attached hydrogens (tertiary/aromatic N) is 1. The SMILES string of the molecule is COC(=O)CCC1(C)SCCC(CCCCC(=O)NCCOCCOCCOCCOCCC(=O)NCCCCCC(=O)N2Cc3ccccc3C#Cc3ccccc32)S1. The number of benzene rings is 2. The molecule has 2 N–H and O–H groups in total. The van der Waals surface area contributed by atoms with Gasteiger partial charge in [-0.05, 0) is 75.0 Å². The van der Waals surface area contributed by atoms with Crippen LogP contribution in [0.15, 0.2) is 48.5 Å². The van der Waals surface area contributed by atoms with Crippen molar-refractivity contribution in [1.82, 2.24) is 10.6 Å². The quantitative estimate of drug-likeness (QED) is 0.0516. The number of hydrogen-bond donors (Lipinski definition) is 2. The van der Waals surface area contributed by atoms with Crippen molar-refractivity contribution < 1.29 is 42.9 Å². The van der Waals surface area contributed by atoms with E-state index in [4.69, 9.17) is 23.7 Å². The van der Waals surface area contributed by atoms with Crippen LogP contribution in [0, 0.1) is 11.8 Å². The van der Waals surface area contributed by atoms with Gasteiger partial charge in [0.15, 0.2) is 0 Å². The number of nitrogens with one attached hydrogen (secondary N) is 2. The molecule has 2 aromatic rings. The number of esters is 1. The molecular weight excluding hydrogens is 803 g/mol. The largest absolute Gasteiger partial charge is 0.469 e. The van der Waals surface area contributed by atoms with Crippen LogP contribution >= 0.6 is 23.5 Å². The minimum Gasteiger partial charge on any atom is -0.469 e. The molecule has 2 aliphatic rings. The minimum absolute atomic E-state index is 0.0525. The molecule has 1 fully saturated rings. The van der Waals surface area contributed by atoms with Crippen LogP contribution in [0.25, 0.3) is 0 Å². The molecule has 330 valence electrons. The molecular formula is C46H65N3O9S2. The second-order valence-corrected chi connectivity index (χ2v) is 18.6. The number of unbranched alkanes of at least 4 members (excludes halogenated alkanes) is 3. The second kappa shape index (κ2) is 28.9. The molecule has 0 aromatic heterocycles.